The lowest BCUT2D eigenvalue weighted by Gasteiger charge is -2.24. The lowest BCUT2D eigenvalue weighted by molar-refractivity contribution is 0.142. The number of ether oxygens (including phenoxy) is 2. The molecule has 2 aliphatic heterocycles. The summed E-state index contributed by atoms with van der Waals surface area (Å²) in [6.07, 6.45) is 7.31. The van der Waals surface area contributed by atoms with Crippen molar-refractivity contribution in [1.82, 2.24) is 4.90 Å². The van der Waals surface area contributed by atoms with Crippen molar-refractivity contribution >= 4 is 11.7 Å². The highest BCUT2D eigenvalue weighted by molar-refractivity contribution is 5.91. The molecule has 5 nitrogen and oxygen atoms in total. The number of hydrogen-bond acceptors (Lipinski definition) is 3. The first-order chi connectivity index (χ1) is 11.7. The van der Waals surface area contributed by atoms with E-state index < -0.39 is 0 Å². The van der Waals surface area contributed by atoms with E-state index in [1.165, 1.54) is 25.7 Å². The molecule has 1 aromatic carbocycles. The first kappa shape index (κ1) is 15.8. The van der Waals surface area contributed by atoms with Crippen LogP contribution in [-0.4, -0.2) is 43.3 Å². The number of carbonyl (C=O) groups is 1. The second kappa shape index (κ2) is 6.63. The van der Waals surface area contributed by atoms with Gasteiger partial charge in [0.2, 0.25) is 0 Å². The Morgan fingerprint density at radius 1 is 1.25 bits per heavy atom. The molecule has 5 heteroatoms. The SMILES string of the molecule is O=C(Nc1ccccc1O[C@@H]1CCOC1)N1CCC2(CCCC2)C1. The Bertz CT molecular complexity index is 592. The van der Waals surface area contributed by atoms with Gasteiger partial charge in [0, 0.05) is 19.5 Å². The third-order valence-electron chi connectivity index (χ3n) is 5.70. The zero-order chi connectivity index (χ0) is 16.4. The summed E-state index contributed by atoms with van der Waals surface area (Å²) in [4.78, 5) is 14.7. The van der Waals surface area contributed by atoms with Crippen LogP contribution >= 0.6 is 0 Å². The number of hydrogen-bond donors (Lipinski definition) is 1. The fraction of sp³-hybridized carbons (Fsp3) is 0.632. The Morgan fingerprint density at radius 2 is 2.08 bits per heavy atom. The van der Waals surface area contributed by atoms with Crippen molar-refractivity contribution in [3.8, 4) is 5.75 Å². The van der Waals surface area contributed by atoms with E-state index in [0.29, 0.717) is 12.0 Å². The van der Waals surface area contributed by atoms with E-state index in [2.05, 4.69) is 5.32 Å². The van der Waals surface area contributed by atoms with Crippen LogP contribution in [0.1, 0.15) is 38.5 Å². The molecule has 0 unspecified atom stereocenters. The molecular formula is C19H26N2O3. The van der Waals surface area contributed by atoms with Gasteiger partial charge < -0.3 is 19.7 Å². The van der Waals surface area contributed by atoms with E-state index >= 15 is 0 Å². The number of carbonyl (C=O) groups excluding carboxylic acids is 1. The maximum absolute atomic E-state index is 12.7. The zero-order valence-electron chi connectivity index (χ0n) is 14.1. The normalized spacial score (nSPS) is 25.3. The van der Waals surface area contributed by atoms with Crippen molar-refractivity contribution in [1.29, 1.82) is 0 Å². The number of rotatable bonds is 3. The molecule has 1 spiro atoms. The van der Waals surface area contributed by atoms with Crippen molar-refractivity contribution < 1.29 is 14.3 Å². The van der Waals surface area contributed by atoms with E-state index in [-0.39, 0.29) is 12.1 Å². The summed E-state index contributed by atoms with van der Waals surface area (Å²) in [6, 6.07) is 7.68. The lowest BCUT2D eigenvalue weighted by Crippen LogP contribution is -2.35. The molecule has 3 aliphatic rings. The highest BCUT2D eigenvalue weighted by Gasteiger charge is 2.41. The van der Waals surface area contributed by atoms with Crippen LogP contribution in [0.3, 0.4) is 0 Å². The van der Waals surface area contributed by atoms with E-state index in [1.807, 2.05) is 29.2 Å². The lowest BCUT2D eigenvalue weighted by atomic mass is 9.86. The van der Waals surface area contributed by atoms with Crippen LogP contribution < -0.4 is 10.1 Å². The Balaban J connectivity index is 1.40. The third-order valence-corrected chi connectivity index (χ3v) is 5.70. The minimum absolute atomic E-state index is 0.00232. The van der Waals surface area contributed by atoms with Crippen molar-refractivity contribution in [2.75, 3.05) is 31.6 Å². The fourth-order valence-electron chi connectivity index (χ4n) is 4.29. The van der Waals surface area contributed by atoms with Gasteiger partial charge >= 0.3 is 6.03 Å². The number of para-hydroxylation sites is 2. The van der Waals surface area contributed by atoms with E-state index in [9.17, 15) is 4.79 Å². The molecule has 1 N–H and O–H groups in total. The minimum atomic E-state index is -0.00232. The monoisotopic (exact) mass is 330 g/mol. The quantitative estimate of drug-likeness (QED) is 0.920. The van der Waals surface area contributed by atoms with E-state index in [4.69, 9.17) is 9.47 Å². The van der Waals surface area contributed by atoms with Gasteiger partial charge in [0.1, 0.15) is 11.9 Å². The van der Waals surface area contributed by atoms with Crippen LogP contribution in [0.4, 0.5) is 10.5 Å². The number of benzene rings is 1. The van der Waals surface area contributed by atoms with Crippen molar-refractivity contribution in [2.24, 2.45) is 5.41 Å². The van der Waals surface area contributed by atoms with Crippen LogP contribution in [0.15, 0.2) is 24.3 Å². The molecule has 2 heterocycles. The van der Waals surface area contributed by atoms with Gasteiger partial charge in [-0.05, 0) is 36.8 Å². The maximum atomic E-state index is 12.7. The van der Waals surface area contributed by atoms with Crippen LogP contribution in [0.2, 0.25) is 0 Å². The van der Waals surface area contributed by atoms with Crippen LogP contribution in [0.5, 0.6) is 5.75 Å². The molecule has 1 saturated carbocycles. The smallest absolute Gasteiger partial charge is 0.321 e. The number of likely N-dealkylation sites (tertiary alicyclic amines) is 1. The van der Waals surface area contributed by atoms with Crippen molar-refractivity contribution in [3.05, 3.63) is 24.3 Å². The Labute approximate surface area is 143 Å². The van der Waals surface area contributed by atoms with E-state index in [0.717, 1.165) is 44.0 Å². The number of nitrogens with zero attached hydrogens (tertiary/aromatic N) is 1. The molecule has 2 saturated heterocycles. The molecular weight excluding hydrogens is 304 g/mol. The molecule has 130 valence electrons. The molecule has 0 bridgehead atoms. The van der Waals surface area contributed by atoms with Gasteiger partial charge in [0.25, 0.3) is 0 Å². The average Bonchev–Trinajstić information content (AvgIpc) is 3.33. The van der Waals surface area contributed by atoms with Gasteiger partial charge in [-0.1, -0.05) is 25.0 Å². The van der Waals surface area contributed by atoms with Gasteiger partial charge in [-0.3, -0.25) is 0 Å². The summed E-state index contributed by atoms with van der Waals surface area (Å²) in [5, 5.41) is 3.05. The fourth-order valence-corrected chi connectivity index (χ4v) is 4.29. The van der Waals surface area contributed by atoms with Gasteiger partial charge in [-0.15, -0.1) is 0 Å². The van der Waals surface area contributed by atoms with Crippen LogP contribution in [-0.2, 0) is 4.74 Å². The molecule has 2 amide bonds. The summed E-state index contributed by atoms with van der Waals surface area (Å²) in [5.74, 6) is 0.733. The van der Waals surface area contributed by atoms with Gasteiger partial charge in [0.05, 0.1) is 18.9 Å². The number of urea groups is 1. The predicted octanol–water partition coefficient (Wildman–Crippen LogP) is 3.65. The molecule has 1 atom stereocenters. The highest BCUT2D eigenvalue weighted by atomic mass is 16.5. The first-order valence-corrected chi connectivity index (χ1v) is 9.14. The summed E-state index contributed by atoms with van der Waals surface area (Å²) >= 11 is 0. The maximum Gasteiger partial charge on any atom is 0.321 e. The molecule has 0 radical (unpaired) electrons. The van der Waals surface area contributed by atoms with Crippen molar-refractivity contribution in [2.45, 2.75) is 44.6 Å². The summed E-state index contributed by atoms with van der Waals surface area (Å²) in [6.45, 7) is 3.13. The average molecular weight is 330 g/mol. The molecule has 1 aromatic rings. The number of amides is 2. The summed E-state index contributed by atoms with van der Waals surface area (Å²) in [5.41, 5.74) is 1.15. The third kappa shape index (κ3) is 3.22. The molecule has 24 heavy (non-hydrogen) atoms. The highest BCUT2D eigenvalue weighted by Crippen LogP contribution is 2.45. The number of anilines is 1. The molecule has 1 aliphatic carbocycles. The summed E-state index contributed by atoms with van der Waals surface area (Å²) in [7, 11) is 0. The van der Waals surface area contributed by atoms with E-state index in [1.54, 1.807) is 0 Å². The molecule has 4 rings (SSSR count). The van der Waals surface area contributed by atoms with Gasteiger partial charge in [-0.2, -0.15) is 0 Å². The predicted molar refractivity (Wildman–Crippen MR) is 92.4 cm³/mol. The standard InChI is InChI=1S/C19H26N2O3/c22-18(21-11-10-19(14-21)8-3-4-9-19)20-16-5-1-2-6-17(16)24-15-7-12-23-13-15/h1-2,5-6,15H,3-4,7-14H2,(H,20,22)/t15-/m1/s1. The molecule has 3 fully saturated rings. The Hall–Kier alpha value is -1.75. The van der Waals surface area contributed by atoms with Crippen molar-refractivity contribution in [3.63, 3.8) is 0 Å². The number of nitrogens with one attached hydrogen (secondary N) is 1. The van der Waals surface area contributed by atoms with Crippen LogP contribution in [0.25, 0.3) is 0 Å². The Kier molecular flexibility index (Phi) is 4.35. The topological polar surface area (TPSA) is 50.8 Å². The van der Waals surface area contributed by atoms with Gasteiger partial charge in [-0.25, -0.2) is 4.79 Å². The van der Waals surface area contributed by atoms with Gasteiger partial charge in [0.15, 0.2) is 0 Å². The second-order valence-electron chi connectivity index (χ2n) is 7.41. The molecule has 0 aromatic heterocycles. The second-order valence-corrected chi connectivity index (χ2v) is 7.41. The van der Waals surface area contributed by atoms with Crippen LogP contribution in [0, 0.1) is 5.41 Å². The zero-order valence-corrected chi connectivity index (χ0v) is 14.1. The Morgan fingerprint density at radius 3 is 2.88 bits per heavy atom. The summed E-state index contributed by atoms with van der Waals surface area (Å²) < 4.78 is 11.4. The minimum Gasteiger partial charge on any atom is -0.486 e. The first-order valence-electron chi connectivity index (χ1n) is 9.14. The largest absolute Gasteiger partial charge is 0.486 e.